The summed E-state index contributed by atoms with van der Waals surface area (Å²) in [6.45, 7) is 6.03. The predicted octanol–water partition coefficient (Wildman–Crippen LogP) is 4.40. The van der Waals surface area contributed by atoms with Crippen LogP contribution in [0.4, 0.5) is 10.1 Å². The Morgan fingerprint density at radius 3 is 2.83 bits per heavy atom. The van der Waals surface area contributed by atoms with E-state index < -0.39 is 11.1 Å². The van der Waals surface area contributed by atoms with Crippen molar-refractivity contribution in [3.63, 3.8) is 0 Å². The lowest BCUT2D eigenvalue weighted by Crippen LogP contribution is -2.23. The number of nitrogens with zero attached hydrogens (tertiary/aromatic N) is 3. The second-order valence-electron chi connectivity index (χ2n) is 6.17. The van der Waals surface area contributed by atoms with Gasteiger partial charge in [0.1, 0.15) is 11.6 Å². The number of para-hydroxylation sites is 1. The Bertz CT molecular complexity index is 1020. The molecule has 1 N–H and O–H groups in total. The molecule has 0 aliphatic carbocycles. The SMILES string of the molecule is C=CCn1c(S[C@@H](C)C(=O)Nc2cccc(F)c2)nnc1-c1ccccc1OC. The molecule has 3 aromatic rings. The van der Waals surface area contributed by atoms with E-state index in [9.17, 15) is 9.18 Å². The molecule has 150 valence electrons. The third-order valence-corrected chi connectivity index (χ3v) is 5.20. The number of hydrogen-bond donors (Lipinski definition) is 1. The largest absolute Gasteiger partial charge is 0.496 e. The van der Waals surface area contributed by atoms with Gasteiger partial charge in [-0.15, -0.1) is 16.8 Å². The van der Waals surface area contributed by atoms with E-state index in [1.165, 1.54) is 23.9 Å². The third kappa shape index (κ3) is 4.83. The van der Waals surface area contributed by atoms with Crippen molar-refractivity contribution < 1.29 is 13.9 Å². The lowest BCUT2D eigenvalue weighted by atomic mass is 10.2. The Morgan fingerprint density at radius 1 is 1.31 bits per heavy atom. The summed E-state index contributed by atoms with van der Waals surface area (Å²) in [5.41, 5.74) is 1.21. The lowest BCUT2D eigenvalue weighted by Gasteiger charge is -2.13. The summed E-state index contributed by atoms with van der Waals surface area (Å²) in [6, 6.07) is 13.3. The molecule has 8 heteroatoms. The van der Waals surface area contributed by atoms with Gasteiger partial charge in [-0.05, 0) is 37.3 Å². The van der Waals surface area contributed by atoms with Crippen LogP contribution >= 0.6 is 11.8 Å². The summed E-state index contributed by atoms with van der Waals surface area (Å²) >= 11 is 1.27. The molecule has 0 aliphatic heterocycles. The van der Waals surface area contributed by atoms with Gasteiger partial charge in [0.2, 0.25) is 5.91 Å². The van der Waals surface area contributed by atoms with E-state index in [1.807, 2.05) is 28.8 Å². The smallest absolute Gasteiger partial charge is 0.237 e. The van der Waals surface area contributed by atoms with Crippen LogP contribution in [0.2, 0.25) is 0 Å². The van der Waals surface area contributed by atoms with Crippen LogP contribution in [-0.2, 0) is 11.3 Å². The van der Waals surface area contributed by atoms with E-state index in [2.05, 4.69) is 22.1 Å². The number of nitrogens with one attached hydrogen (secondary N) is 1. The molecule has 1 aromatic heterocycles. The minimum Gasteiger partial charge on any atom is -0.496 e. The number of halogens is 1. The van der Waals surface area contributed by atoms with E-state index in [0.29, 0.717) is 29.0 Å². The Morgan fingerprint density at radius 2 is 2.10 bits per heavy atom. The van der Waals surface area contributed by atoms with E-state index >= 15 is 0 Å². The molecular formula is C21H21FN4O2S. The van der Waals surface area contributed by atoms with Gasteiger partial charge in [0, 0.05) is 12.2 Å². The maximum atomic E-state index is 13.3. The van der Waals surface area contributed by atoms with Crippen molar-refractivity contribution in [2.75, 3.05) is 12.4 Å². The summed E-state index contributed by atoms with van der Waals surface area (Å²) in [6.07, 6.45) is 1.74. The van der Waals surface area contributed by atoms with Crippen LogP contribution in [0.3, 0.4) is 0 Å². The van der Waals surface area contributed by atoms with Gasteiger partial charge in [-0.1, -0.05) is 36.0 Å². The zero-order chi connectivity index (χ0) is 20.8. The molecule has 2 aromatic carbocycles. The molecule has 0 fully saturated rings. The highest BCUT2D eigenvalue weighted by Crippen LogP contribution is 2.32. The van der Waals surface area contributed by atoms with Crippen molar-refractivity contribution >= 4 is 23.4 Å². The summed E-state index contributed by atoms with van der Waals surface area (Å²) in [5.74, 6) is 0.643. The molecule has 0 bridgehead atoms. The van der Waals surface area contributed by atoms with Crippen molar-refractivity contribution in [2.24, 2.45) is 0 Å². The molecule has 0 radical (unpaired) electrons. The maximum absolute atomic E-state index is 13.3. The van der Waals surface area contributed by atoms with Gasteiger partial charge in [0.05, 0.1) is 17.9 Å². The quantitative estimate of drug-likeness (QED) is 0.439. The highest BCUT2D eigenvalue weighted by Gasteiger charge is 2.22. The number of aromatic nitrogens is 3. The van der Waals surface area contributed by atoms with Gasteiger partial charge in [0.25, 0.3) is 0 Å². The van der Waals surface area contributed by atoms with Crippen LogP contribution in [0, 0.1) is 5.82 Å². The number of carbonyl (C=O) groups excluding carboxylic acids is 1. The van der Waals surface area contributed by atoms with Crippen molar-refractivity contribution in [3.8, 4) is 17.1 Å². The van der Waals surface area contributed by atoms with Gasteiger partial charge in [-0.25, -0.2) is 4.39 Å². The van der Waals surface area contributed by atoms with Gasteiger partial charge in [-0.3, -0.25) is 9.36 Å². The standard InChI is InChI=1S/C21H21FN4O2S/c1-4-12-26-19(17-10-5-6-11-18(17)28-3)24-25-21(26)29-14(2)20(27)23-16-9-7-8-15(22)13-16/h4-11,13-14H,1,12H2,2-3H3,(H,23,27)/t14-/m0/s1. The number of amides is 1. The van der Waals surface area contributed by atoms with E-state index in [1.54, 1.807) is 32.2 Å². The molecule has 29 heavy (non-hydrogen) atoms. The minimum atomic E-state index is -0.475. The fourth-order valence-electron chi connectivity index (χ4n) is 2.72. The highest BCUT2D eigenvalue weighted by atomic mass is 32.2. The second-order valence-corrected chi connectivity index (χ2v) is 7.47. The Hall–Kier alpha value is -3.13. The van der Waals surface area contributed by atoms with Crippen LogP contribution in [0.5, 0.6) is 5.75 Å². The van der Waals surface area contributed by atoms with E-state index in [0.717, 1.165) is 5.56 Å². The van der Waals surface area contributed by atoms with E-state index in [4.69, 9.17) is 4.74 Å². The number of benzene rings is 2. The molecule has 0 spiro atoms. The number of allylic oxidation sites excluding steroid dienone is 1. The number of carbonyl (C=O) groups is 1. The number of methoxy groups -OCH3 is 1. The number of ether oxygens (including phenoxy) is 1. The van der Waals surface area contributed by atoms with Crippen LogP contribution in [0.25, 0.3) is 11.4 Å². The fourth-order valence-corrected chi connectivity index (χ4v) is 3.58. The van der Waals surface area contributed by atoms with Crippen LogP contribution < -0.4 is 10.1 Å². The van der Waals surface area contributed by atoms with Gasteiger partial charge >= 0.3 is 0 Å². The minimum absolute atomic E-state index is 0.257. The summed E-state index contributed by atoms with van der Waals surface area (Å²) in [7, 11) is 1.60. The Labute approximate surface area is 172 Å². The average molecular weight is 412 g/mol. The monoisotopic (exact) mass is 412 g/mol. The van der Waals surface area contributed by atoms with Crippen molar-refractivity contribution in [1.82, 2.24) is 14.8 Å². The number of thioether (sulfide) groups is 1. The average Bonchev–Trinajstić information content (AvgIpc) is 3.10. The first-order chi connectivity index (χ1) is 14.0. The molecule has 1 amide bonds. The van der Waals surface area contributed by atoms with Crippen LogP contribution in [0.15, 0.2) is 66.3 Å². The number of hydrogen-bond acceptors (Lipinski definition) is 5. The van der Waals surface area contributed by atoms with Crippen molar-refractivity contribution in [2.45, 2.75) is 23.9 Å². The zero-order valence-corrected chi connectivity index (χ0v) is 16.9. The summed E-state index contributed by atoms with van der Waals surface area (Å²) < 4.78 is 20.6. The van der Waals surface area contributed by atoms with E-state index in [-0.39, 0.29) is 5.91 Å². The van der Waals surface area contributed by atoms with Gasteiger partial charge in [-0.2, -0.15) is 0 Å². The van der Waals surface area contributed by atoms with Gasteiger partial charge in [0.15, 0.2) is 11.0 Å². The Kier molecular flexibility index (Phi) is 6.66. The Balaban J connectivity index is 1.82. The molecule has 1 atom stereocenters. The third-order valence-electron chi connectivity index (χ3n) is 4.12. The summed E-state index contributed by atoms with van der Waals surface area (Å²) in [4.78, 5) is 12.5. The normalized spacial score (nSPS) is 11.7. The molecule has 3 rings (SSSR count). The molecule has 0 unspecified atom stereocenters. The first kappa shape index (κ1) is 20.6. The summed E-state index contributed by atoms with van der Waals surface area (Å²) in [5, 5.41) is 11.4. The first-order valence-corrected chi connectivity index (χ1v) is 9.82. The molecular weight excluding hydrogens is 391 g/mol. The van der Waals surface area contributed by atoms with Crippen LogP contribution in [-0.4, -0.2) is 33.0 Å². The van der Waals surface area contributed by atoms with Gasteiger partial charge < -0.3 is 10.1 Å². The predicted molar refractivity (Wildman–Crippen MR) is 113 cm³/mol. The molecule has 0 aliphatic rings. The second kappa shape index (κ2) is 9.38. The fraction of sp³-hybridized carbons (Fsp3) is 0.190. The maximum Gasteiger partial charge on any atom is 0.237 e. The topological polar surface area (TPSA) is 69.0 Å². The molecule has 6 nitrogen and oxygen atoms in total. The lowest BCUT2D eigenvalue weighted by molar-refractivity contribution is -0.115. The highest BCUT2D eigenvalue weighted by molar-refractivity contribution is 8.00. The van der Waals surface area contributed by atoms with Crippen molar-refractivity contribution in [1.29, 1.82) is 0 Å². The van der Waals surface area contributed by atoms with Crippen molar-refractivity contribution in [3.05, 3.63) is 67.0 Å². The van der Waals surface area contributed by atoms with Crippen LogP contribution in [0.1, 0.15) is 6.92 Å². The molecule has 0 saturated heterocycles. The zero-order valence-electron chi connectivity index (χ0n) is 16.1. The number of anilines is 1. The first-order valence-electron chi connectivity index (χ1n) is 8.94. The number of rotatable bonds is 8. The molecule has 1 heterocycles. The molecule has 0 saturated carbocycles.